The molecule has 0 unspecified atom stereocenters. The Morgan fingerprint density at radius 2 is 0.371 bits per heavy atom. The smallest absolute Gasteiger partial charge is 1.00 e. The summed E-state index contributed by atoms with van der Waals surface area (Å²) >= 11 is 0. The Morgan fingerprint density at radius 1 is 0.229 bits per heavy atom. The predicted octanol–water partition coefficient (Wildman–Crippen LogP) is 10.4. The summed E-state index contributed by atoms with van der Waals surface area (Å²) in [6.45, 7) is 0. The van der Waals surface area contributed by atoms with E-state index in [0.29, 0.717) is 48.6 Å². The van der Waals surface area contributed by atoms with Crippen LogP contribution in [0, 0.1) is 116 Å². The molecule has 2 aliphatic rings. The van der Waals surface area contributed by atoms with Crippen molar-refractivity contribution in [3.05, 3.63) is 163 Å². The minimum atomic E-state index is -2.73. The molecular weight excluding hydrogens is 1200 g/mol. The molecule has 3 aromatic heterocycles. The minimum Gasteiger partial charge on any atom is -1.00 e. The molecule has 362 valence electrons. The van der Waals surface area contributed by atoms with Crippen molar-refractivity contribution in [2.45, 2.75) is 0 Å². The molecule has 0 atom stereocenters. The maximum absolute atomic E-state index is 15.8. The van der Waals surface area contributed by atoms with Crippen LogP contribution in [-0.2, 0) is 22.4 Å². The number of aromatic nitrogens is 4. The van der Waals surface area contributed by atoms with Crippen molar-refractivity contribution >= 4 is 46.4 Å². The van der Waals surface area contributed by atoms with Crippen molar-refractivity contribution in [2.75, 3.05) is 0 Å². The van der Waals surface area contributed by atoms with E-state index >= 15 is 35.1 Å². The Kier molecular flexibility index (Phi) is 13.2. The van der Waals surface area contributed by atoms with Gasteiger partial charge in [-0.2, -0.15) is 0 Å². The van der Waals surface area contributed by atoms with Crippen LogP contribution < -0.4 is 22.4 Å². The van der Waals surface area contributed by atoms with Gasteiger partial charge in [-0.05, 0) is 46.6 Å². The van der Waals surface area contributed by atoms with Crippen molar-refractivity contribution in [3.8, 4) is 44.5 Å². The van der Waals surface area contributed by atoms with E-state index in [1.807, 2.05) is 0 Å². The Morgan fingerprint density at radius 3 is 0.529 bits per heavy atom. The van der Waals surface area contributed by atoms with Crippen LogP contribution in [0.25, 0.3) is 90.9 Å². The molecule has 4 nitrogen and oxygen atoms in total. The summed E-state index contributed by atoms with van der Waals surface area (Å²) in [6, 6.07) is 2.26. The second-order valence-corrected chi connectivity index (χ2v) is 14.1. The van der Waals surface area contributed by atoms with Gasteiger partial charge in [-0.25, -0.2) is 97.8 Å². The molecular formula is C44H8AuClF20N4. The average Bonchev–Trinajstić information content (AvgIpc) is 4.18. The summed E-state index contributed by atoms with van der Waals surface area (Å²) in [4.78, 5) is 15.6. The molecule has 26 heteroatoms. The zero-order chi connectivity index (χ0) is 49.3. The van der Waals surface area contributed by atoms with Gasteiger partial charge in [-0.3, -0.25) is 0 Å². The standard InChI is InChI=1S/C44H8F20N4.Au.ClH/c45-25-21(26(46)34(54)41(61)33(25)53)17-9-1-2-10(65-9)18(22-27(47)35(55)42(62)36(56)28(22)48)12-5-6-14(67-12)20(24-31(51)39(59)44(64)40(60)32(24)52)16-8-7-15(68-16)19(13-4-3-11(17)66-13)23-29(49)37(57)43(63)38(58)30(23)50;;/h1-8H;;1H/q-2;+3;/p-1. The summed E-state index contributed by atoms with van der Waals surface area (Å²) in [6.07, 6.45) is 2.26. The molecule has 5 heterocycles. The molecule has 0 saturated carbocycles. The summed E-state index contributed by atoms with van der Waals surface area (Å²) in [5.41, 5.74) is -21.6. The van der Waals surface area contributed by atoms with Crippen molar-refractivity contribution in [1.29, 1.82) is 0 Å². The quantitative estimate of drug-likeness (QED) is 0.0763. The largest absolute Gasteiger partial charge is 3.00 e. The molecule has 70 heavy (non-hydrogen) atoms. The number of hydrogen-bond donors (Lipinski definition) is 0. The van der Waals surface area contributed by atoms with Crippen LogP contribution >= 0.6 is 0 Å². The van der Waals surface area contributed by atoms with E-state index in [1.165, 1.54) is 0 Å². The van der Waals surface area contributed by atoms with E-state index in [2.05, 4.69) is 19.9 Å². The molecule has 0 spiro atoms. The van der Waals surface area contributed by atoms with Crippen LogP contribution in [0.15, 0.2) is 24.3 Å². The molecule has 8 bridgehead atoms. The van der Waals surface area contributed by atoms with Gasteiger partial charge in [0, 0.05) is 0 Å². The monoisotopic (exact) mass is 1200 g/mol. The third-order valence-electron chi connectivity index (χ3n) is 10.4. The van der Waals surface area contributed by atoms with Gasteiger partial charge in [0.25, 0.3) is 0 Å². The maximum Gasteiger partial charge on any atom is 3.00 e. The fraction of sp³-hybridized carbons (Fsp3) is 0. The SMILES string of the molecule is Fc1c(F)c(F)c(-c2c3nc(c(-c4c(F)c(F)c(F)c(F)c4F)c4ccc([n-]4)c(-c4c(F)c(F)c(F)c(F)c4F)c4nc(c(-c5c(F)c(F)c(F)c(F)c5F)c5ccc2[n-]5)C=C4)C=C3)c(F)c1F.[Au+3].[Cl-]. The third-order valence-corrected chi connectivity index (χ3v) is 10.4. The first kappa shape index (κ1) is 51.0. The van der Waals surface area contributed by atoms with E-state index in [-0.39, 0.29) is 34.8 Å². The van der Waals surface area contributed by atoms with Crippen molar-refractivity contribution < 1.29 is 123 Å². The number of hydrogen-bond acceptors (Lipinski definition) is 2. The first-order chi connectivity index (χ1) is 32.1. The van der Waals surface area contributed by atoms with Crippen LogP contribution in [0.4, 0.5) is 87.8 Å². The van der Waals surface area contributed by atoms with E-state index in [4.69, 9.17) is 0 Å². The van der Waals surface area contributed by atoms with E-state index in [1.54, 1.807) is 0 Å². The van der Waals surface area contributed by atoms with Crippen molar-refractivity contribution in [2.24, 2.45) is 0 Å². The van der Waals surface area contributed by atoms with E-state index < -0.39 is 206 Å². The summed E-state index contributed by atoms with van der Waals surface area (Å²) in [5, 5.41) is 0. The zero-order valence-electron chi connectivity index (χ0n) is 32.6. The second-order valence-electron chi connectivity index (χ2n) is 14.1. The molecule has 0 N–H and O–H groups in total. The van der Waals surface area contributed by atoms with Crippen molar-refractivity contribution in [1.82, 2.24) is 19.9 Å². The van der Waals surface area contributed by atoms with Crippen LogP contribution in [0.5, 0.6) is 0 Å². The Balaban J connectivity index is 0.00000361. The first-order valence-electron chi connectivity index (χ1n) is 18.2. The molecule has 0 amide bonds. The van der Waals surface area contributed by atoms with Crippen LogP contribution in [0.2, 0.25) is 0 Å². The number of halogens is 21. The zero-order valence-corrected chi connectivity index (χ0v) is 35.6. The Hall–Kier alpha value is -6.89. The van der Waals surface area contributed by atoms with Gasteiger partial charge >= 0.3 is 22.4 Å². The van der Waals surface area contributed by atoms with Crippen LogP contribution in [-0.4, -0.2) is 9.97 Å². The van der Waals surface area contributed by atoms with Gasteiger partial charge in [0.2, 0.25) is 23.3 Å². The molecule has 7 aromatic rings. The topological polar surface area (TPSA) is 54.0 Å². The molecule has 9 rings (SSSR count). The van der Waals surface area contributed by atoms with Gasteiger partial charge in [0.05, 0.1) is 45.0 Å². The van der Waals surface area contributed by atoms with Gasteiger partial charge in [0.1, 0.15) is 0 Å². The van der Waals surface area contributed by atoms with Gasteiger partial charge in [0.15, 0.2) is 93.1 Å². The van der Waals surface area contributed by atoms with Crippen LogP contribution in [0.3, 0.4) is 0 Å². The number of benzene rings is 4. The molecule has 0 saturated heterocycles. The average molecular weight is 1200 g/mol. The van der Waals surface area contributed by atoms with E-state index in [0.717, 1.165) is 0 Å². The van der Waals surface area contributed by atoms with Crippen molar-refractivity contribution in [3.63, 3.8) is 0 Å². The fourth-order valence-corrected chi connectivity index (χ4v) is 7.41. The summed E-state index contributed by atoms with van der Waals surface area (Å²) in [7, 11) is 0. The van der Waals surface area contributed by atoms with Gasteiger partial charge < -0.3 is 22.4 Å². The van der Waals surface area contributed by atoms with Gasteiger partial charge in [-0.1, -0.05) is 24.3 Å². The molecule has 0 radical (unpaired) electrons. The Labute approximate surface area is 395 Å². The normalized spacial score (nSPS) is 11.9. The molecule has 4 aromatic carbocycles. The summed E-state index contributed by atoms with van der Waals surface area (Å²) < 4.78 is 303. The molecule has 2 aliphatic heterocycles. The third kappa shape index (κ3) is 7.37. The van der Waals surface area contributed by atoms with Gasteiger partial charge in [-0.15, -0.1) is 22.1 Å². The predicted molar refractivity (Wildman–Crippen MR) is 198 cm³/mol. The molecule has 0 aliphatic carbocycles. The summed E-state index contributed by atoms with van der Waals surface area (Å²) in [5.74, 6) is -53.1. The number of nitrogens with zero attached hydrogens (tertiary/aromatic N) is 4. The molecule has 0 fully saturated rings. The first-order valence-corrected chi connectivity index (χ1v) is 18.2. The maximum atomic E-state index is 15.8. The second kappa shape index (κ2) is 18.1. The van der Waals surface area contributed by atoms with E-state index in [9.17, 15) is 52.7 Å². The number of rotatable bonds is 4. The Bertz CT molecular complexity index is 3130. The number of fused-ring (bicyclic) bond motifs is 8. The fourth-order valence-electron chi connectivity index (χ4n) is 7.41. The van der Waals surface area contributed by atoms with Crippen LogP contribution in [0.1, 0.15) is 22.8 Å². The minimum absolute atomic E-state index is 0.